The van der Waals surface area contributed by atoms with Crippen LogP contribution in [0, 0.1) is 6.92 Å². The van der Waals surface area contributed by atoms with Gasteiger partial charge < -0.3 is 5.11 Å². The molecule has 0 bridgehead atoms. The molecule has 1 aromatic heterocycles. The third-order valence-corrected chi connectivity index (χ3v) is 3.58. The molecule has 1 fully saturated rings. The minimum atomic E-state index is -0.200. The Balaban J connectivity index is 2.00. The number of rotatable bonds is 4. The van der Waals surface area contributed by atoms with Gasteiger partial charge in [0.1, 0.15) is 0 Å². The maximum atomic E-state index is 9.51. The van der Waals surface area contributed by atoms with Crippen LogP contribution >= 0.6 is 0 Å². The second-order valence-electron chi connectivity index (χ2n) is 5.25. The molecule has 2 heterocycles. The molecule has 1 aromatic rings. The highest BCUT2D eigenvalue weighted by Gasteiger charge is 2.26. The van der Waals surface area contributed by atoms with E-state index in [0.717, 1.165) is 25.2 Å². The fraction of sp³-hybridized carbons (Fsp3) is 0.769. The van der Waals surface area contributed by atoms with Crippen molar-refractivity contribution in [1.29, 1.82) is 0 Å². The Labute approximate surface area is 103 Å². The minimum Gasteiger partial charge on any atom is -0.393 e. The van der Waals surface area contributed by atoms with E-state index in [4.69, 9.17) is 0 Å². The Kier molecular flexibility index (Phi) is 3.84. The van der Waals surface area contributed by atoms with Crippen LogP contribution in [0.2, 0.25) is 0 Å². The van der Waals surface area contributed by atoms with Crippen molar-refractivity contribution in [2.24, 2.45) is 7.05 Å². The maximum absolute atomic E-state index is 9.51. The first-order valence-corrected chi connectivity index (χ1v) is 6.48. The molecule has 0 radical (unpaired) electrons. The minimum absolute atomic E-state index is 0.200. The Bertz CT molecular complexity index is 373. The van der Waals surface area contributed by atoms with Crippen molar-refractivity contribution in [2.75, 3.05) is 6.54 Å². The summed E-state index contributed by atoms with van der Waals surface area (Å²) in [6.45, 7) is 6.00. The summed E-state index contributed by atoms with van der Waals surface area (Å²) in [5.74, 6) is 0. The van der Waals surface area contributed by atoms with Gasteiger partial charge in [-0.1, -0.05) is 0 Å². The normalized spacial score (nSPS) is 23.2. The zero-order valence-electron chi connectivity index (χ0n) is 11.1. The van der Waals surface area contributed by atoms with E-state index in [-0.39, 0.29) is 6.10 Å². The molecular weight excluding hydrogens is 214 g/mol. The quantitative estimate of drug-likeness (QED) is 0.862. The van der Waals surface area contributed by atoms with Crippen LogP contribution in [-0.2, 0) is 13.6 Å². The Morgan fingerprint density at radius 2 is 2.35 bits per heavy atom. The van der Waals surface area contributed by atoms with Crippen molar-refractivity contribution >= 4 is 0 Å². The summed E-state index contributed by atoms with van der Waals surface area (Å²) in [7, 11) is 2.00. The summed E-state index contributed by atoms with van der Waals surface area (Å²) in [6, 6.07) is 2.68. The van der Waals surface area contributed by atoms with Crippen molar-refractivity contribution in [1.82, 2.24) is 14.7 Å². The summed E-state index contributed by atoms with van der Waals surface area (Å²) < 4.78 is 1.97. The monoisotopic (exact) mass is 237 g/mol. The van der Waals surface area contributed by atoms with Crippen molar-refractivity contribution in [3.63, 3.8) is 0 Å². The number of aryl methyl sites for hydroxylation is 2. The van der Waals surface area contributed by atoms with Crippen molar-refractivity contribution in [3.05, 3.63) is 17.5 Å². The molecule has 2 unspecified atom stereocenters. The number of aliphatic hydroxyl groups is 1. The molecule has 1 aliphatic heterocycles. The summed E-state index contributed by atoms with van der Waals surface area (Å²) in [5.41, 5.74) is 2.34. The van der Waals surface area contributed by atoms with Gasteiger partial charge in [0.25, 0.3) is 0 Å². The Morgan fingerprint density at radius 1 is 1.59 bits per heavy atom. The highest BCUT2D eigenvalue weighted by Crippen LogP contribution is 2.23. The number of aliphatic hydroxyl groups excluding tert-OH is 1. The Morgan fingerprint density at radius 3 is 2.94 bits per heavy atom. The second kappa shape index (κ2) is 5.19. The number of likely N-dealkylation sites (tertiary alicyclic amines) is 1. The van der Waals surface area contributed by atoms with E-state index in [2.05, 4.69) is 16.1 Å². The van der Waals surface area contributed by atoms with Crippen LogP contribution in [0.5, 0.6) is 0 Å². The van der Waals surface area contributed by atoms with E-state index in [1.807, 2.05) is 25.6 Å². The molecule has 96 valence electrons. The van der Waals surface area contributed by atoms with Gasteiger partial charge in [-0.25, -0.2) is 0 Å². The number of hydrogen-bond acceptors (Lipinski definition) is 3. The Hall–Kier alpha value is -0.870. The van der Waals surface area contributed by atoms with E-state index in [1.165, 1.54) is 18.5 Å². The fourth-order valence-electron chi connectivity index (χ4n) is 2.78. The first-order valence-electron chi connectivity index (χ1n) is 6.48. The van der Waals surface area contributed by atoms with Crippen molar-refractivity contribution in [3.8, 4) is 0 Å². The molecule has 2 atom stereocenters. The van der Waals surface area contributed by atoms with Crippen LogP contribution in [-0.4, -0.2) is 38.5 Å². The van der Waals surface area contributed by atoms with Crippen LogP contribution in [0.4, 0.5) is 0 Å². The van der Waals surface area contributed by atoms with Gasteiger partial charge in [-0.15, -0.1) is 0 Å². The predicted octanol–water partition coefficient (Wildman–Crippen LogP) is 1.46. The van der Waals surface area contributed by atoms with Gasteiger partial charge >= 0.3 is 0 Å². The second-order valence-corrected chi connectivity index (χ2v) is 5.25. The lowest BCUT2D eigenvalue weighted by Gasteiger charge is -2.25. The lowest BCUT2D eigenvalue weighted by atomic mass is 10.1. The molecule has 4 heteroatoms. The average molecular weight is 237 g/mol. The molecule has 2 rings (SSSR count). The van der Waals surface area contributed by atoms with Gasteiger partial charge in [-0.3, -0.25) is 9.58 Å². The van der Waals surface area contributed by atoms with E-state index < -0.39 is 0 Å². The molecule has 0 amide bonds. The lowest BCUT2D eigenvalue weighted by molar-refractivity contribution is 0.129. The van der Waals surface area contributed by atoms with Gasteiger partial charge in [-0.2, -0.15) is 5.10 Å². The smallest absolute Gasteiger partial charge is 0.0597 e. The van der Waals surface area contributed by atoms with Crippen molar-refractivity contribution in [2.45, 2.75) is 51.8 Å². The average Bonchev–Trinajstić information content (AvgIpc) is 2.75. The van der Waals surface area contributed by atoms with Crippen LogP contribution in [0.15, 0.2) is 6.07 Å². The molecule has 0 spiro atoms. The third kappa shape index (κ3) is 3.07. The summed E-state index contributed by atoms with van der Waals surface area (Å²) in [6.07, 6.45) is 3.14. The van der Waals surface area contributed by atoms with Crippen LogP contribution in [0.1, 0.15) is 37.6 Å². The summed E-state index contributed by atoms with van der Waals surface area (Å²) >= 11 is 0. The molecule has 4 nitrogen and oxygen atoms in total. The molecule has 0 aromatic carbocycles. The molecule has 1 N–H and O–H groups in total. The molecule has 1 saturated heterocycles. The largest absolute Gasteiger partial charge is 0.393 e. The lowest BCUT2D eigenvalue weighted by Crippen LogP contribution is -2.32. The third-order valence-electron chi connectivity index (χ3n) is 3.58. The fourth-order valence-corrected chi connectivity index (χ4v) is 2.78. The SMILES string of the molecule is Cc1cc(CN2CCCC2CC(C)O)n(C)n1. The highest BCUT2D eigenvalue weighted by atomic mass is 16.3. The molecular formula is C13H23N3O. The number of hydrogen-bond donors (Lipinski definition) is 1. The zero-order valence-corrected chi connectivity index (χ0v) is 11.1. The summed E-state index contributed by atoms with van der Waals surface area (Å²) in [4.78, 5) is 2.48. The number of nitrogens with zero attached hydrogens (tertiary/aromatic N) is 3. The summed E-state index contributed by atoms with van der Waals surface area (Å²) in [5, 5.41) is 13.9. The molecule has 17 heavy (non-hydrogen) atoms. The van der Waals surface area contributed by atoms with E-state index in [0.29, 0.717) is 6.04 Å². The zero-order chi connectivity index (χ0) is 12.4. The van der Waals surface area contributed by atoms with Gasteiger partial charge in [0, 0.05) is 19.6 Å². The van der Waals surface area contributed by atoms with Gasteiger partial charge in [0.15, 0.2) is 0 Å². The van der Waals surface area contributed by atoms with Gasteiger partial charge in [0.05, 0.1) is 17.5 Å². The van der Waals surface area contributed by atoms with Gasteiger partial charge in [0.2, 0.25) is 0 Å². The van der Waals surface area contributed by atoms with E-state index in [1.54, 1.807) is 0 Å². The predicted molar refractivity (Wildman–Crippen MR) is 67.7 cm³/mol. The van der Waals surface area contributed by atoms with Crippen LogP contribution < -0.4 is 0 Å². The standard InChI is InChI=1S/C13H23N3O/c1-10-7-13(15(3)14-10)9-16-6-4-5-12(16)8-11(2)17/h7,11-12,17H,4-6,8-9H2,1-3H3. The van der Waals surface area contributed by atoms with Crippen molar-refractivity contribution < 1.29 is 5.11 Å². The maximum Gasteiger partial charge on any atom is 0.0597 e. The van der Waals surface area contributed by atoms with E-state index in [9.17, 15) is 5.11 Å². The van der Waals surface area contributed by atoms with Crippen LogP contribution in [0.25, 0.3) is 0 Å². The van der Waals surface area contributed by atoms with Gasteiger partial charge in [-0.05, 0) is 45.7 Å². The molecule has 0 aliphatic carbocycles. The highest BCUT2D eigenvalue weighted by molar-refractivity contribution is 5.09. The molecule has 1 aliphatic rings. The topological polar surface area (TPSA) is 41.3 Å². The van der Waals surface area contributed by atoms with E-state index >= 15 is 0 Å². The number of aromatic nitrogens is 2. The first-order chi connectivity index (χ1) is 8.06. The first kappa shape index (κ1) is 12.6. The molecule has 0 saturated carbocycles. The van der Waals surface area contributed by atoms with Crippen LogP contribution in [0.3, 0.4) is 0 Å².